The molecule has 50 heavy (non-hydrogen) atoms. The van der Waals surface area contributed by atoms with Crippen molar-refractivity contribution in [2.75, 3.05) is 4.90 Å². The Hall–Kier alpha value is -6.44. The van der Waals surface area contributed by atoms with Crippen molar-refractivity contribution in [3.63, 3.8) is 0 Å². The van der Waals surface area contributed by atoms with Crippen LogP contribution in [0.1, 0.15) is 22.3 Å². The van der Waals surface area contributed by atoms with Crippen LogP contribution >= 0.6 is 0 Å². The Morgan fingerprint density at radius 1 is 0.300 bits per heavy atom. The van der Waals surface area contributed by atoms with Crippen LogP contribution in [0.4, 0.5) is 17.1 Å². The van der Waals surface area contributed by atoms with Crippen molar-refractivity contribution in [3.8, 4) is 33.4 Å². The van der Waals surface area contributed by atoms with Crippen molar-refractivity contribution in [3.05, 3.63) is 235 Å². The summed E-state index contributed by atoms with van der Waals surface area (Å²) in [5.74, 6) is 0. The monoisotopic (exact) mass is 637 g/mol. The molecular weight excluding hydrogens is 603 g/mol. The Balaban J connectivity index is 1.26. The minimum Gasteiger partial charge on any atom is -0.310 e. The molecule has 0 bridgehead atoms. The summed E-state index contributed by atoms with van der Waals surface area (Å²) in [6, 6.07) is 77.0. The van der Waals surface area contributed by atoms with E-state index < -0.39 is 5.41 Å². The van der Waals surface area contributed by atoms with Gasteiger partial charge in [-0.1, -0.05) is 182 Å². The van der Waals surface area contributed by atoms with E-state index in [1.54, 1.807) is 0 Å². The highest BCUT2D eigenvalue weighted by Crippen LogP contribution is 2.59. The van der Waals surface area contributed by atoms with Gasteiger partial charge in [0.25, 0.3) is 0 Å². The first-order valence-corrected chi connectivity index (χ1v) is 17.3. The molecule has 0 amide bonds. The molecule has 0 radical (unpaired) electrons. The number of para-hydroxylation sites is 1. The molecule has 0 unspecified atom stereocenters. The fourth-order valence-corrected chi connectivity index (χ4v) is 8.06. The normalized spacial score (nSPS) is 12.6. The maximum atomic E-state index is 2.43. The van der Waals surface area contributed by atoms with E-state index in [9.17, 15) is 0 Å². The molecule has 0 spiro atoms. The minimum absolute atomic E-state index is 0.460. The highest BCUT2D eigenvalue weighted by Gasteiger charge is 2.47. The summed E-state index contributed by atoms with van der Waals surface area (Å²) < 4.78 is 0. The summed E-state index contributed by atoms with van der Waals surface area (Å²) in [6.45, 7) is 0. The second-order valence-electron chi connectivity index (χ2n) is 12.9. The zero-order valence-corrected chi connectivity index (χ0v) is 27.7. The fraction of sp³-hybridized carbons (Fsp3) is 0.0204. The highest BCUT2D eigenvalue weighted by molar-refractivity contribution is 5.97. The molecule has 9 rings (SSSR count). The van der Waals surface area contributed by atoms with Gasteiger partial charge in [0.2, 0.25) is 0 Å². The van der Waals surface area contributed by atoms with Gasteiger partial charge < -0.3 is 4.90 Å². The number of hydrogen-bond acceptors (Lipinski definition) is 1. The molecule has 0 N–H and O–H groups in total. The van der Waals surface area contributed by atoms with Gasteiger partial charge in [-0.3, -0.25) is 0 Å². The predicted octanol–water partition coefficient (Wildman–Crippen LogP) is 12.9. The maximum Gasteiger partial charge on any atom is 0.0714 e. The lowest BCUT2D eigenvalue weighted by molar-refractivity contribution is 0.768. The van der Waals surface area contributed by atoms with Crippen LogP contribution in [0.5, 0.6) is 0 Å². The van der Waals surface area contributed by atoms with Crippen LogP contribution < -0.4 is 4.90 Å². The van der Waals surface area contributed by atoms with Crippen LogP contribution in [-0.2, 0) is 5.41 Å². The van der Waals surface area contributed by atoms with Gasteiger partial charge in [-0.05, 0) is 80.4 Å². The molecule has 0 fully saturated rings. The summed E-state index contributed by atoms with van der Waals surface area (Å²) in [5.41, 5.74) is 15.5. The van der Waals surface area contributed by atoms with E-state index in [-0.39, 0.29) is 0 Å². The first-order valence-electron chi connectivity index (χ1n) is 17.3. The molecule has 1 heteroatoms. The number of anilines is 3. The summed E-state index contributed by atoms with van der Waals surface area (Å²) in [4.78, 5) is 2.43. The van der Waals surface area contributed by atoms with Gasteiger partial charge >= 0.3 is 0 Å². The third-order valence-corrected chi connectivity index (χ3v) is 10.2. The summed E-state index contributed by atoms with van der Waals surface area (Å²) in [6.07, 6.45) is 0. The smallest absolute Gasteiger partial charge is 0.0714 e. The van der Waals surface area contributed by atoms with E-state index in [1.165, 1.54) is 55.6 Å². The Labute approximate surface area is 294 Å². The van der Waals surface area contributed by atoms with Gasteiger partial charge in [-0.2, -0.15) is 0 Å². The van der Waals surface area contributed by atoms with Crippen molar-refractivity contribution in [2.45, 2.75) is 5.41 Å². The molecule has 236 valence electrons. The van der Waals surface area contributed by atoms with Crippen LogP contribution in [0.2, 0.25) is 0 Å². The molecule has 0 aliphatic heterocycles. The number of nitrogens with zero attached hydrogens (tertiary/aromatic N) is 1. The standard InChI is InChI=1S/C49H35N/c1-5-18-36(19-6-1)42-26-13-14-27-43(42)37-32-34-41(35-33-37)50(40-24-11-4-12-25-40)47-31-17-30-46-48(47)44-28-15-16-29-45(44)49(46,38-20-7-2-8-21-38)39-22-9-3-10-23-39/h1-35H. The van der Waals surface area contributed by atoms with Crippen molar-refractivity contribution in [1.29, 1.82) is 0 Å². The Morgan fingerprint density at radius 2 is 0.740 bits per heavy atom. The lowest BCUT2D eigenvalue weighted by atomic mass is 9.68. The maximum absolute atomic E-state index is 2.43. The minimum atomic E-state index is -0.460. The van der Waals surface area contributed by atoms with Crippen molar-refractivity contribution in [1.82, 2.24) is 0 Å². The largest absolute Gasteiger partial charge is 0.310 e. The lowest BCUT2D eigenvalue weighted by Crippen LogP contribution is -2.28. The molecule has 1 aliphatic carbocycles. The fourth-order valence-electron chi connectivity index (χ4n) is 8.06. The van der Waals surface area contributed by atoms with Crippen molar-refractivity contribution >= 4 is 17.1 Å². The first-order chi connectivity index (χ1) is 24.8. The SMILES string of the molecule is c1ccc(-c2ccccc2-c2ccc(N(c3ccccc3)c3cccc4c3-c3ccccc3C4(c3ccccc3)c3ccccc3)cc2)cc1. The van der Waals surface area contributed by atoms with Crippen LogP contribution in [-0.4, -0.2) is 0 Å². The molecule has 8 aromatic carbocycles. The van der Waals surface area contributed by atoms with Gasteiger partial charge in [0.05, 0.1) is 11.1 Å². The highest BCUT2D eigenvalue weighted by atomic mass is 15.1. The third kappa shape index (κ3) is 4.78. The molecule has 0 aromatic heterocycles. The van der Waals surface area contributed by atoms with Gasteiger partial charge in [0, 0.05) is 16.9 Å². The molecule has 1 aliphatic rings. The summed E-state index contributed by atoms with van der Waals surface area (Å²) >= 11 is 0. The number of fused-ring (bicyclic) bond motifs is 3. The van der Waals surface area contributed by atoms with E-state index >= 15 is 0 Å². The second-order valence-corrected chi connectivity index (χ2v) is 12.9. The lowest BCUT2D eigenvalue weighted by Gasteiger charge is -2.34. The zero-order valence-electron chi connectivity index (χ0n) is 27.7. The quantitative estimate of drug-likeness (QED) is 0.168. The number of hydrogen-bond donors (Lipinski definition) is 0. The Bertz CT molecular complexity index is 2360. The second kappa shape index (κ2) is 12.5. The molecule has 1 nitrogen and oxygen atoms in total. The van der Waals surface area contributed by atoms with Crippen molar-refractivity contribution < 1.29 is 0 Å². The van der Waals surface area contributed by atoms with Crippen LogP contribution in [0.15, 0.2) is 212 Å². The topological polar surface area (TPSA) is 3.24 Å². The van der Waals surface area contributed by atoms with Crippen LogP contribution in [0.3, 0.4) is 0 Å². The summed E-state index contributed by atoms with van der Waals surface area (Å²) in [7, 11) is 0. The Kier molecular flexibility index (Phi) is 7.44. The molecule has 0 saturated carbocycles. The molecule has 0 saturated heterocycles. The molecule has 0 atom stereocenters. The third-order valence-electron chi connectivity index (χ3n) is 10.2. The van der Waals surface area contributed by atoms with E-state index in [4.69, 9.17) is 0 Å². The van der Waals surface area contributed by atoms with E-state index in [0.717, 1.165) is 17.1 Å². The zero-order chi connectivity index (χ0) is 33.3. The predicted molar refractivity (Wildman–Crippen MR) is 209 cm³/mol. The van der Waals surface area contributed by atoms with E-state index in [1.807, 2.05) is 0 Å². The van der Waals surface area contributed by atoms with Gasteiger partial charge in [-0.15, -0.1) is 0 Å². The van der Waals surface area contributed by atoms with Gasteiger partial charge in [0.1, 0.15) is 0 Å². The van der Waals surface area contributed by atoms with Crippen LogP contribution in [0, 0.1) is 0 Å². The van der Waals surface area contributed by atoms with E-state index in [2.05, 4.69) is 217 Å². The molecule has 0 heterocycles. The van der Waals surface area contributed by atoms with E-state index in [0.29, 0.717) is 0 Å². The first kappa shape index (κ1) is 29.7. The Morgan fingerprint density at radius 3 is 1.34 bits per heavy atom. The van der Waals surface area contributed by atoms with Gasteiger partial charge in [-0.25, -0.2) is 0 Å². The molecule has 8 aromatic rings. The summed E-state index contributed by atoms with van der Waals surface area (Å²) in [5, 5.41) is 0. The average Bonchev–Trinajstić information content (AvgIpc) is 3.51. The van der Waals surface area contributed by atoms with Gasteiger partial charge in [0.15, 0.2) is 0 Å². The molecular formula is C49H35N. The van der Waals surface area contributed by atoms with Crippen LogP contribution in [0.25, 0.3) is 33.4 Å². The number of benzene rings is 8. The van der Waals surface area contributed by atoms with Crippen molar-refractivity contribution in [2.24, 2.45) is 0 Å². The average molecular weight is 638 g/mol. The number of rotatable bonds is 7.